The van der Waals surface area contributed by atoms with Gasteiger partial charge in [0.2, 0.25) is 0 Å². The molecule has 0 rings (SSSR count). The van der Waals surface area contributed by atoms with Gasteiger partial charge in [0.15, 0.2) is 0 Å². The van der Waals surface area contributed by atoms with Crippen molar-refractivity contribution in [2.75, 3.05) is 6.54 Å². The Balaban J connectivity index is 3.19. The van der Waals surface area contributed by atoms with Crippen LogP contribution in [0.3, 0.4) is 0 Å². The van der Waals surface area contributed by atoms with Crippen molar-refractivity contribution in [1.82, 2.24) is 0 Å². The van der Waals surface area contributed by atoms with Crippen LogP contribution in [0.4, 0.5) is 0 Å². The number of hydrogen-bond donors (Lipinski definition) is 0. The first-order chi connectivity index (χ1) is 3.91. The number of aliphatic imine (C=N–C) groups is 2. The predicted octanol–water partition coefficient (Wildman–Crippen LogP) is 1.29. The first-order valence-corrected chi connectivity index (χ1v) is 2.47. The van der Waals surface area contributed by atoms with Crippen molar-refractivity contribution in [2.45, 2.75) is 6.92 Å². The van der Waals surface area contributed by atoms with E-state index in [-0.39, 0.29) is 0 Å². The van der Waals surface area contributed by atoms with Crippen LogP contribution in [0.25, 0.3) is 0 Å². The van der Waals surface area contributed by atoms with E-state index in [1.54, 1.807) is 12.4 Å². The number of rotatable bonds is 3. The number of hydrogen-bond acceptors (Lipinski definition) is 2. The normalized spacial score (nSPS) is 11.1. The highest BCUT2D eigenvalue weighted by Crippen LogP contribution is 1.69. The molecule has 0 aliphatic heterocycles. The summed E-state index contributed by atoms with van der Waals surface area (Å²) in [6, 6.07) is 0. The van der Waals surface area contributed by atoms with Gasteiger partial charge in [-0.1, -0.05) is 6.08 Å². The van der Waals surface area contributed by atoms with Gasteiger partial charge in [-0.2, -0.15) is 0 Å². The lowest BCUT2D eigenvalue weighted by molar-refractivity contribution is 1.34. The molecule has 0 heterocycles. The summed E-state index contributed by atoms with van der Waals surface area (Å²) in [5, 5.41) is 0. The predicted molar refractivity (Wildman–Crippen MR) is 37.7 cm³/mol. The van der Waals surface area contributed by atoms with E-state index in [4.69, 9.17) is 0 Å². The van der Waals surface area contributed by atoms with Crippen molar-refractivity contribution < 1.29 is 0 Å². The SMILES string of the molecule is C=NC/C=N\C=C/C. The standard InChI is InChI=1S/C6H10N2/c1-3-4-8-6-5-7-2/h3-4,6H,2,5H2,1H3/b4-3-,8-6-. The molecule has 0 amide bonds. The van der Waals surface area contributed by atoms with E-state index >= 15 is 0 Å². The maximum Gasteiger partial charge on any atom is 0.0735 e. The zero-order valence-electron chi connectivity index (χ0n) is 5.04. The van der Waals surface area contributed by atoms with Crippen molar-refractivity contribution in [2.24, 2.45) is 9.98 Å². The smallest absolute Gasteiger partial charge is 0.0735 e. The van der Waals surface area contributed by atoms with Gasteiger partial charge in [-0.25, -0.2) is 0 Å². The molecule has 2 heteroatoms. The zero-order chi connectivity index (χ0) is 6.24. The molecule has 0 aliphatic rings. The van der Waals surface area contributed by atoms with Gasteiger partial charge in [0.25, 0.3) is 0 Å². The molecule has 2 nitrogen and oxygen atoms in total. The molecule has 0 radical (unpaired) electrons. The molecule has 0 aromatic rings. The van der Waals surface area contributed by atoms with E-state index in [0.29, 0.717) is 6.54 Å². The second-order valence-electron chi connectivity index (χ2n) is 1.22. The number of nitrogens with zero attached hydrogens (tertiary/aromatic N) is 2. The van der Waals surface area contributed by atoms with Crippen LogP contribution in [-0.2, 0) is 0 Å². The van der Waals surface area contributed by atoms with E-state index in [0.717, 1.165) is 0 Å². The van der Waals surface area contributed by atoms with Gasteiger partial charge in [-0.15, -0.1) is 0 Å². The Hall–Kier alpha value is -0.920. The van der Waals surface area contributed by atoms with Crippen molar-refractivity contribution in [3.63, 3.8) is 0 Å². The van der Waals surface area contributed by atoms with Gasteiger partial charge < -0.3 is 0 Å². The van der Waals surface area contributed by atoms with Gasteiger partial charge in [0.1, 0.15) is 0 Å². The fourth-order valence-electron chi connectivity index (χ4n) is 0.252. The summed E-state index contributed by atoms with van der Waals surface area (Å²) >= 11 is 0. The summed E-state index contributed by atoms with van der Waals surface area (Å²) in [4.78, 5) is 7.41. The number of allylic oxidation sites excluding steroid dienone is 1. The van der Waals surface area contributed by atoms with E-state index in [2.05, 4.69) is 16.7 Å². The lowest BCUT2D eigenvalue weighted by Gasteiger charge is -1.74. The Morgan fingerprint density at radius 3 is 2.88 bits per heavy atom. The lowest BCUT2D eigenvalue weighted by Crippen LogP contribution is -1.75. The summed E-state index contributed by atoms with van der Waals surface area (Å²) in [7, 11) is 0. The molecular formula is C6H10N2. The van der Waals surface area contributed by atoms with E-state index in [9.17, 15) is 0 Å². The maximum atomic E-state index is 3.84. The monoisotopic (exact) mass is 110 g/mol. The fraction of sp³-hybridized carbons (Fsp3) is 0.333. The second kappa shape index (κ2) is 6.08. The van der Waals surface area contributed by atoms with E-state index in [1.165, 1.54) is 0 Å². The fourth-order valence-corrected chi connectivity index (χ4v) is 0.252. The first kappa shape index (κ1) is 7.08. The average molecular weight is 110 g/mol. The molecule has 0 saturated carbocycles. The van der Waals surface area contributed by atoms with Crippen LogP contribution in [0.1, 0.15) is 6.92 Å². The largest absolute Gasteiger partial charge is 0.295 e. The molecule has 44 valence electrons. The van der Waals surface area contributed by atoms with Crippen LogP contribution in [0.5, 0.6) is 0 Å². The zero-order valence-corrected chi connectivity index (χ0v) is 5.04. The van der Waals surface area contributed by atoms with Crippen LogP contribution in [0, 0.1) is 0 Å². The van der Waals surface area contributed by atoms with Gasteiger partial charge >= 0.3 is 0 Å². The molecule has 0 atom stereocenters. The molecule has 0 saturated heterocycles. The van der Waals surface area contributed by atoms with E-state index in [1.807, 2.05) is 13.0 Å². The molecule has 0 aromatic heterocycles. The van der Waals surface area contributed by atoms with Gasteiger partial charge in [0.05, 0.1) is 6.54 Å². The molecule has 0 bridgehead atoms. The van der Waals surface area contributed by atoms with Gasteiger partial charge in [0, 0.05) is 12.4 Å². The van der Waals surface area contributed by atoms with Crippen LogP contribution < -0.4 is 0 Å². The Bertz CT molecular complexity index is 103. The lowest BCUT2D eigenvalue weighted by atomic mass is 10.7. The maximum absolute atomic E-state index is 3.84. The Kier molecular flexibility index (Phi) is 5.38. The molecule has 0 fully saturated rings. The molecule has 0 unspecified atom stereocenters. The summed E-state index contributed by atoms with van der Waals surface area (Å²) in [6.45, 7) is 5.81. The molecule has 0 spiro atoms. The summed E-state index contributed by atoms with van der Waals surface area (Å²) < 4.78 is 0. The Labute approximate surface area is 49.7 Å². The van der Waals surface area contributed by atoms with Crippen molar-refractivity contribution in [1.29, 1.82) is 0 Å². The Morgan fingerprint density at radius 2 is 2.38 bits per heavy atom. The minimum atomic E-state index is 0.602. The van der Waals surface area contributed by atoms with Crippen LogP contribution in [-0.4, -0.2) is 19.5 Å². The third-order valence-corrected chi connectivity index (χ3v) is 0.551. The summed E-state index contributed by atoms with van der Waals surface area (Å²) in [5.41, 5.74) is 0. The molecular weight excluding hydrogens is 100 g/mol. The van der Waals surface area contributed by atoms with Gasteiger partial charge in [-0.3, -0.25) is 9.98 Å². The highest BCUT2D eigenvalue weighted by molar-refractivity contribution is 5.61. The summed E-state index contributed by atoms with van der Waals surface area (Å²) in [6.07, 6.45) is 5.28. The van der Waals surface area contributed by atoms with Crippen molar-refractivity contribution >= 4 is 12.9 Å². The van der Waals surface area contributed by atoms with E-state index < -0.39 is 0 Å². The third kappa shape index (κ3) is 5.08. The minimum Gasteiger partial charge on any atom is -0.295 e. The Morgan fingerprint density at radius 1 is 1.62 bits per heavy atom. The molecule has 0 aromatic carbocycles. The average Bonchev–Trinajstić information content (AvgIpc) is 1.81. The van der Waals surface area contributed by atoms with Crippen LogP contribution >= 0.6 is 0 Å². The first-order valence-electron chi connectivity index (χ1n) is 2.47. The second-order valence-corrected chi connectivity index (χ2v) is 1.22. The van der Waals surface area contributed by atoms with Crippen molar-refractivity contribution in [3.05, 3.63) is 12.3 Å². The third-order valence-electron chi connectivity index (χ3n) is 0.551. The highest BCUT2D eigenvalue weighted by Gasteiger charge is 1.62. The summed E-state index contributed by atoms with van der Waals surface area (Å²) in [5.74, 6) is 0. The molecule has 0 N–H and O–H groups in total. The quantitative estimate of drug-likeness (QED) is 0.489. The minimum absolute atomic E-state index is 0.602. The molecule has 0 aliphatic carbocycles. The molecule has 8 heavy (non-hydrogen) atoms. The highest BCUT2D eigenvalue weighted by atomic mass is 14.7. The van der Waals surface area contributed by atoms with Gasteiger partial charge in [-0.05, 0) is 13.6 Å². The van der Waals surface area contributed by atoms with Crippen molar-refractivity contribution in [3.8, 4) is 0 Å². The van der Waals surface area contributed by atoms with Crippen LogP contribution in [0.2, 0.25) is 0 Å². The van der Waals surface area contributed by atoms with Crippen LogP contribution in [0.15, 0.2) is 22.3 Å². The topological polar surface area (TPSA) is 24.7 Å².